The average Bonchev–Trinajstić information content (AvgIpc) is 2.68. The summed E-state index contributed by atoms with van der Waals surface area (Å²) in [7, 11) is 0. The fourth-order valence-electron chi connectivity index (χ4n) is 3.02. The second kappa shape index (κ2) is 4.58. The van der Waals surface area contributed by atoms with Crippen LogP contribution >= 0.6 is 0 Å². The van der Waals surface area contributed by atoms with Gasteiger partial charge >= 0.3 is 0 Å². The lowest BCUT2D eigenvalue weighted by atomic mass is 10.0. The number of rotatable bonds is 4. The molecule has 2 atom stereocenters. The smallest absolute Gasteiger partial charge is 0.227 e. The zero-order valence-corrected chi connectivity index (χ0v) is 10.4. The molecule has 2 rings (SSSR count). The number of likely N-dealkylation sites (tertiary alicyclic amines) is 2. The third kappa shape index (κ3) is 2.14. The van der Waals surface area contributed by atoms with E-state index in [0.717, 1.165) is 32.7 Å². The van der Waals surface area contributed by atoms with Gasteiger partial charge < -0.3 is 9.80 Å². The Labute approximate surface area is 98.1 Å². The normalized spacial score (nSPS) is 30.2. The van der Waals surface area contributed by atoms with E-state index < -0.39 is 0 Å². The maximum atomic E-state index is 12.1. The van der Waals surface area contributed by atoms with E-state index in [9.17, 15) is 4.79 Å². The molecular formula is C13H22N2O. The monoisotopic (exact) mass is 222 g/mol. The van der Waals surface area contributed by atoms with E-state index in [2.05, 4.69) is 25.3 Å². The number of hydrogen-bond donors (Lipinski definition) is 0. The highest BCUT2D eigenvalue weighted by Crippen LogP contribution is 2.32. The Morgan fingerprint density at radius 1 is 1.44 bits per heavy atom. The molecule has 0 bridgehead atoms. The van der Waals surface area contributed by atoms with Gasteiger partial charge in [-0.05, 0) is 5.92 Å². The summed E-state index contributed by atoms with van der Waals surface area (Å²) in [4.78, 5) is 16.5. The van der Waals surface area contributed by atoms with Crippen molar-refractivity contribution >= 4 is 5.91 Å². The van der Waals surface area contributed by atoms with Crippen LogP contribution < -0.4 is 0 Å². The van der Waals surface area contributed by atoms with Crippen LogP contribution in [0.25, 0.3) is 0 Å². The van der Waals surface area contributed by atoms with Gasteiger partial charge in [-0.2, -0.15) is 0 Å². The van der Waals surface area contributed by atoms with Crippen LogP contribution in [0.4, 0.5) is 0 Å². The first-order chi connectivity index (χ1) is 7.61. The predicted octanol–water partition coefficient (Wildman–Crippen LogP) is 1.22. The van der Waals surface area contributed by atoms with Crippen molar-refractivity contribution in [2.75, 3.05) is 32.7 Å². The van der Waals surface area contributed by atoms with Crippen LogP contribution in [0, 0.1) is 17.8 Å². The molecule has 0 spiro atoms. The van der Waals surface area contributed by atoms with E-state index in [1.54, 1.807) is 0 Å². The number of carbonyl (C=O) groups excluding carboxylic acids is 1. The summed E-state index contributed by atoms with van der Waals surface area (Å²) in [5, 5.41) is 0. The van der Waals surface area contributed by atoms with Crippen LogP contribution in [0.1, 0.15) is 13.8 Å². The lowest BCUT2D eigenvalue weighted by Crippen LogP contribution is -2.34. The fraction of sp³-hybridized carbons (Fsp3) is 0.769. The van der Waals surface area contributed by atoms with Gasteiger partial charge in [-0.3, -0.25) is 4.79 Å². The maximum absolute atomic E-state index is 12.1. The van der Waals surface area contributed by atoms with Crippen LogP contribution in [-0.2, 0) is 4.79 Å². The minimum absolute atomic E-state index is 0.263. The van der Waals surface area contributed by atoms with Gasteiger partial charge in [0, 0.05) is 38.6 Å². The predicted molar refractivity (Wildman–Crippen MR) is 65.0 cm³/mol. The van der Waals surface area contributed by atoms with Crippen molar-refractivity contribution in [3.05, 3.63) is 12.7 Å². The van der Waals surface area contributed by atoms with Crippen molar-refractivity contribution in [2.45, 2.75) is 13.8 Å². The molecule has 1 amide bonds. The number of hydrogen-bond acceptors (Lipinski definition) is 2. The highest BCUT2D eigenvalue weighted by molar-refractivity contribution is 5.82. The minimum Gasteiger partial charge on any atom is -0.338 e. The topological polar surface area (TPSA) is 23.6 Å². The molecule has 90 valence electrons. The Hall–Kier alpha value is -0.830. The molecule has 0 N–H and O–H groups in total. The molecule has 2 saturated heterocycles. The Balaban J connectivity index is 1.92. The molecule has 2 heterocycles. The van der Waals surface area contributed by atoms with Gasteiger partial charge in [0.15, 0.2) is 0 Å². The van der Waals surface area contributed by atoms with E-state index in [0.29, 0.717) is 17.7 Å². The summed E-state index contributed by atoms with van der Waals surface area (Å²) in [6.45, 7) is 13.0. The summed E-state index contributed by atoms with van der Waals surface area (Å²) in [6.07, 6.45) is 1.82. The third-order valence-electron chi connectivity index (χ3n) is 3.57. The summed E-state index contributed by atoms with van der Waals surface area (Å²) >= 11 is 0. The van der Waals surface area contributed by atoms with Gasteiger partial charge in [0.25, 0.3) is 0 Å². The number of fused-ring (bicyclic) bond motifs is 1. The zero-order valence-electron chi connectivity index (χ0n) is 10.4. The molecule has 0 aromatic heterocycles. The lowest BCUT2D eigenvalue weighted by Gasteiger charge is -2.21. The van der Waals surface area contributed by atoms with Crippen molar-refractivity contribution < 1.29 is 4.79 Å². The van der Waals surface area contributed by atoms with Gasteiger partial charge in [0.2, 0.25) is 5.91 Å². The van der Waals surface area contributed by atoms with Crippen molar-refractivity contribution in [2.24, 2.45) is 17.8 Å². The van der Waals surface area contributed by atoms with Crippen molar-refractivity contribution in [1.82, 2.24) is 9.80 Å². The lowest BCUT2D eigenvalue weighted by molar-refractivity contribution is -0.130. The molecular weight excluding hydrogens is 200 g/mol. The van der Waals surface area contributed by atoms with E-state index >= 15 is 0 Å². The van der Waals surface area contributed by atoms with Crippen LogP contribution in [-0.4, -0.2) is 48.4 Å². The molecule has 0 saturated carbocycles. The highest BCUT2D eigenvalue weighted by Gasteiger charge is 2.45. The molecule has 0 aliphatic carbocycles. The molecule has 0 aromatic rings. The second-order valence-electron chi connectivity index (χ2n) is 5.51. The fourth-order valence-corrected chi connectivity index (χ4v) is 3.02. The summed E-state index contributed by atoms with van der Waals surface area (Å²) in [6, 6.07) is 0. The standard InChI is InChI=1S/C13H22N2O/c1-4-5-15-8-11-7-14(6-10(2)3)9-12(11)13(15)16/h4,10-12H,1,5-9H2,2-3H3/t11-,12-/m0/s1. The molecule has 3 heteroatoms. The molecule has 16 heavy (non-hydrogen) atoms. The SMILES string of the molecule is C=CCN1C[C@@H]2CN(CC(C)C)C[C@@H]2C1=O. The van der Waals surface area contributed by atoms with E-state index in [1.165, 1.54) is 0 Å². The number of carbonyl (C=O) groups is 1. The molecule has 0 unspecified atom stereocenters. The number of amides is 1. The van der Waals surface area contributed by atoms with E-state index in [4.69, 9.17) is 0 Å². The largest absolute Gasteiger partial charge is 0.338 e. The van der Waals surface area contributed by atoms with Crippen LogP contribution in [0.5, 0.6) is 0 Å². The summed E-state index contributed by atoms with van der Waals surface area (Å²) in [5.74, 6) is 1.86. The van der Waals surface area contributed by atoms with Gasteiger partial charge in [0.05, 0.1) is 5.92 Å². The third-order valence-corrected chi connectivity index (χ3v) is 3.57. The van der Waals surface area contributed by atoms with Crippen LogP contribution in [0.2, 0.25) is 0 Å². The summed E-state index contributed by atoms with van der Waals surface area (Å²) < 4.78 is 0. The van der Waals surface area contributed by atoms with Gasteiger partial charge in [-0.25, -0.2) is 0 Å². The van der Waals surface area contributed by atoms with Crippen LogP contribution in [0.3, 0.4) is 0 Å². The van der Waals surface area contributed by atoms with Crippen molar-refractivity contribution in [3.8, 4) is 0 Å². The molecule has 0 aromatic carbocycles. The summed E-state index contributed by atoms with van der Waals surface area (Å²) in [5.41, 5.74) is 0. The first-order valence-corrected chi connectivity index (χ1v) is 6.24. The van der Waals surface area contributed by atoms with Gasteiger partial charge in [0.1, 0.15) is 0 Å². The Morgan fingerprint density at radius 3 is 2.75 bits per heavy atom. The first-order valence-electron chi connectivity index (χ1n) is 6.24. The molecule has 2 aliphatic rings. The van der Waals surface area contributed by atoms with Crippen LogP contribution in [0.15, 0.2) is 12.7 Å². The first kappa shape index (κ1) is 11.6. The molecule has 0 radical (unpaired) electrons. The molecule has 3 nitrogen and oxygen atoms in total. The Bertz CT molecular complexity index is 288. The van der Waals surface area contributed by atoms with E-state index in [1.807, 2.05) is 11.0 Å². The minimum atomic E-state index is 0.263. The maximum Gasteiger partial charge on any atom is 0.227 e. The van der Waals surface area contributed by atoms with Crippen molar-refractivity contribution in [3.63, 3.8) is 0 Å². The van der Waals surface area contributed by atoms with E-state index in [-0.39, 0.29) is 5.92 Å². The molecule has 2 fully saturated rings. The van der Waals surface area contributed by atoms with Gasteiger partial charge in [-0.15, -0.1) is 6.58 Å². The zero-order chi connectivity index (χ0) is 11.7. The molecule has 2 aliphatic heterocycles. The Kier molecular flexibility index (Phi) is 3.33. The number of nitrogens with zero attached hydrogens (tertiary/aromatic N) is 2. The Morgan fingerprint density at radius 2 is 2.19 bits per heavy atom. The van der Waals surface area contributed by atoms with Crippen molar-refractivity contribution in [1.29, 1.82) is 0 Å². The second-order valence-corrected chi connectivity index (χ2v) is 5.51. The average molecular weight is 222 g/mol. The highest BCUT2D eigenvalue weighted by atomic mass is 16.2. The quantitative estimate of drug-likeness (QED) is 0.668. The van der Waals surface area contributed by atoms with Gasteiger partial charge in [-0.1, -0.05) is 19.9 Å².